The molecule has 4 nitrogen and oxygen atoms in total. The predicted octanol–water partition coefficient (Wildman–Crippen LogP) is 1.72. The van der Waals surface area contributed by atoms with Gasteiger partial charge >= 0.3 is 0 Å². The highest BCUT2D eigenvalue weighted by Gasteiger charge is 2.39. The van der Waals surface area contributed by atoms with Crippen molar-refractivity contribution in [1.29, 1.82) is 0 Å². The van der Waals surface area contributed by atoms with Gasteiger partial charge < -0.3 is 10.6 Å². The lowest BCUT2D eigenvalue weighted by Crippen LogP contribution is -2.37. The molecule has 2 heterocycles. The topological polar surface area (TPSA) is 54.0 Å². The van der Waals surface area contributed by atoms with Crippen LogP contribution in [0, 0.1) is 12.3 Å². The molecule has 0 spiro atoms. The van der Waals surface area contributed by atoms with E-state index in [4.69, 9.17) is 0 Å². The number of nitrogens with one attached hydrogen (secondary N) is 2. The van der Waals surface area contributed by atoms with Crippen LogP contribution in [0.5, 0.6) is 0 Å². The van der Waals surface area contributed by atoms with Crippen LogP contribution in [0.25, 0.3) is 0 Å². The second kappa shape index (κ2) is 4.84. The maximum atomic E-state index is 12.3. The van der Waals surface area contributed by atoms with E-state index in [1.54, 1.807) is 12.4 Å². The average molecular weight is 233 g/mol. The van der Waals surface area contributed by atoms with E-state index in [1.807, 2.05) is 13.0 Å². The SMILES string of the molecule is CCC1(C(=O)Nc2ccncc2C)CCNC1. The number of anilines is 1. The number of aromatic nitrogens is 1. The number of carbonyl (C=O) groups excluding carboxylic acids is 1. The fourth-order valence-corrected chi connectivity index (χ4v) is 2.27. The van der Waals surface area contributed by atoms with Crippen molar-refractivity contribution in [3.8, 4) is 0 Å². The molecule has 1 unspecified atom stereocenters. The van der Waals surface area contributed by atoms with E-state index in [1.165, 1.54) is 0 Å². The summed E-state index contributed by atoms with van der Waals surface area (Å²) < 4.78 is 0. The van der Waals surface area contributed by atoms with Gasteiger partial charge in [-0.25, -0.2) is 0 Å². The van der Waals surface area contributed by atoms with Crippen LogP contribution < -0.4 is 10.6 Å². The van der Waals surface area contributed by atoms with Gasteiger partial charge in [0, 0.05) is 24.6 Å². The Morgan fingerprint density at radius 3 is 3.06 bits per heavy atom. The van der Waals surface area contributed by atoms with Crippen LogP contribution in [-0.4, -0.2) is 24.0 Å². The van der Waals surface area contributed by atoms with E-state index < -0.39 is 0 Å². The van der Waals surface area contributed by atoms with Crippen LogP contribution in [-0.2, 0) is 4.79 Å². The molecule has 0 aliphatic carbocycles. The van der Waals surface area contributed by atoms with Crippen molar-refractivity contribution in [3.05, 3.63) is 24.0 Å². The minimum atomic E-state index is -0.240. The van der Waals surface area contributed by atoms with Crippen molar-refractivity contribution < 1.29 is 4.79 Å². The molecule has 1 amide bonds. The highest BCUT2D eigenvalue weighted by molar-refractivity contribution is 5.96. The van der Waals surface area contributed by atoms with Crippen molar-refractivity contribution in [2.45, 2.75) is 26.7 Å². The normalized spacial score (nSPS) is 23.6. The predicted molar refractivity (Wildman–Crippen MR) is 67.8 cm³/mol. The molecule has 2 rings (SSSR count). The summed E-state index contributed by atoms with van der Waals surface area (Å²) >= 11 is 0. The Balaban J connectivity index is 2.14. The van der Waals surface area contributed by atoms with Gasteiger partial charge in [0.1, 0.15) is 0 Å². The van der Waals surface area contributed by atoms with Gasteiger partial charge in [-0.15, -0.1) is 0 Å². The molecule has 1 saturated heterocycles. The fourth-order valence-electron chi connectivity index (χ4n) is 2.27. The van der Waals surface area contributed by atoms with Gasteiger partial charge in [-0.05, 0) is 37.9 Å². The number of carbonyl (C=O) groups is 1. The van der Waals surface area contributed by atoms with E-state index >= 15 is 0 Å². The number of rotatable bonds is 3. The zero-order valence-corrected chi connectivity index (χ0v) is 10.4. The van der Waals surface area contributed by atoms with E-state index in [2.05, 4.69) is 22.5 Å². The lowest BCUT2D eigenvalue weighted by molar-refractivity contribution is -0.124. The Morgan fingerprint density at radius 2 is 2.47 bits per heavy atom. The monoisotopic (exact) mass is 233 g/mol. The van der Waals surface area contributed by atoms with Crippen LogP contribution in [0.1, 0.15) is 25.3 Å². The second-order valence-corrected chi connectivity index (χ2v) is 4.71. The molecule has 1 aromatic rings. The number of nitrogens with zero attached hydrogens (tertiary/aromatic N) is 1. The Bertz CT molecular complexity index is 411. The van der Waals surface area contributed by atoms with Crippen LogP contribution in [0.2, 0.25) is 0 Å². The van der Waals surface area contributed by atoms with Gasteiger partial charge in [-0.3, -0.25) is 9.78 Å². The second-order valence-electron chi connectivity index (χ2n) is 4.71. The van der Waals surface area contributed by atoms with Crippen molar-refractivity contribution in [2.75, 3.05) is 18.4 Å². The van der Waals surface area contributed by atoms with Gasteiger partial charge in [-0.1, -0.05) is 6.92 Å². The fraction of sp³-hybridized carbons (Fsp3) is 0.538. The van der Waals surface area contributed by atoms with Crippen LogP contribution in [0.15, 0.2) is 18.5 Å². The molecule has 0 radical (unpaired) electrons. The molecule has 0 aromatic carbocycles. The molecular weight excluding hydrogens is 214 g/mol. The lowest BCUT2D eigenvalue weighted by Gasteiger charge is -2.25. The molecule has 1 fully saturated rings. The van der Waals surface area contributed by atoms with Gasteiger partial charge in [-0.2, -0.15) is 0 Å². The summed E-state index contributed by atoms with van der Waals surface area (Å²) in [6, 6.07) is 1.85. The zero-order valence-electron chi connectivity index (χ0n) is 10.4. The molecule has 0 bridgehead atoms. The summed E-state index contributed by atoms with van der Waals surface area (Å²) in [5.41, 5.74) is 1.62. The Labute approximate surface area is 102 Å². The van der Waals surface area contributed by atoms with Crippen molar-refractivity contribution in [1.82, 2.24) is 10.3 Å². The smallest absolute Gasteiger partial charge is 0.231 e. The standard InChI is InChI=1S/C13H19N3O/c1-3-13(5-7-15-9-13)12(17)16-11-4-6-14-8-10(11)2/h4,6,8,15H,3,5,7,9H2,1-2H3,(H,14,16,17). The van der Waals surface area contributed by atoms with Crippen molar-refractivity contribution >= 4 is 11.6 Å². The number of hydrogen-bond acceptors (Lipinski definition) is 3. The Hall–Kier alpha value is -1.42. The highest BCUT2D eigenvalue weighted by Crippen LogP contribution is 2.31. The molecular formula is C13H19N3O. The van der Waals surface area contributed by atoms with E-state index in [-0.39, 0.29) is 11.3 Å². The van der Waals surface area contributed by atoms with Gasteiger partial charge in [0.25, 0.3) is 0 Å². The number of pyridine rings is 1. The first kappa shape index (κ1) is 12.0. The van der Waals surface area contributed by atoms with Crippen LogP contribution in [0.4, 0.5) is 5.69 Å². The molecule has 92 valence electrons. The molecule has 17 heavy (non-hydrogen) atoms. The maximum Gasteiger partial charge on any atom is 0.231 e. The summed E-state index contributed by atoms with van der Waals surface area (Å²) in [6.07, 6.45) is 5.25. The summed E-state index contributed by atoms with van der Waals surface area (Å²) in [7, 11) is 0. The first-order valence-electron chi connectivity index (χ1n) is 6.11. The first-order valence-corrected chi connectivity index (χ1v) is 6.11. The number of amides is 1. The van der Waals surface area contributed by atoms with Crippen molar-refractivity contribution in [2.24, 2.45) is 5.41 Å². The molecule has 1 atom stereocenters. The quantitative estimate of drug-likeness (QED) is 0.835. The molecule has 0 saturated carbocycles. The molecule has 1 aromatic heterocycles. The minimum absolute atomic E-state index is 0.124. The van der Waals surface area contributed by atoms with E-state index in [0.29, 0.717) is 0 Å². The molecule has 2 N–H and O–H groups in total. The Kier molecular flexibility index (Phi) is 3.43. The van der Waals surface area contributed by atoms with Crippen molar-refractivity contribution in [3.63, 3.8) is 0 Å². The molecule has 1 aliphatic heterocycles. The van der Waals surface area contributed by atoms with Gasteiger partial charge in [0.2, 0.25) is 5.91 Å². The summed E-state index contributed by atoms with van der Waals surface area (Å²) in [4.78, 5) is 16.4. The summed E-state index contributed by atoms with van der Waals surface area (Å²) in [5, 5.41) is 6.30. The minimum Gasteiger partial charge on any atom is -0.325 e. The third kappa shape index (κ3) is 2.31. The average Bonchev–Trinajstić information content (AvgIpc) is 2.82. The number of aryl methyl sites for hydroxylation is 1. The van der Waals surface area contributed by atoms with Gasteiger partial charge in [0.05, 0.1) is 5.41 Å². The Morgan fingerprint density at radius 1 is 1.65 bits per heavy atom. The third-order valence-electron chi connectivity index (χ3n) is 3.67. The first-order chi connectivity index (χ1) is 8.18. The highest BCUT2D eigenvalue weighted by atomic mass is 16.2. The molecule has 4 heteroatoms. The maximum absolute atomic E-state index is 12.3. The van der Waals surface area contributed by atoms with Crippen LogP contribution >= 0.6 is 0 Å². The van der Waals surface area contributed by atoms with Crippen LogP contribution in [0.3, 0.4) is 0 Å². The third-order valence-corrected chi connectivity index (χ3v) is 3.67. The number of hydrogen-bond donors (Lipinski definition) is 2. The van der Waals surface area contributed by atoms with E-state index in [0.717, 1.165) is 37.2 Å². The van der Waals surface area contributed by atoms with Gasteiger partial charge in [0.15, 0.2) is 0 Å². The summed E-state index contributed by atoms with van der Waals surface area (Å²) in [5.74, 6) is 0.124. The lowest BCUT2D eigenvalue weighted by atomic mass is 9.83. The zero-order chi connectivity index (χ0) is 12.3. The summed E-state index contributed by atoms with van der Waals surface area (Å²) in [6.45, 7) is 5.73. The largest absolute Gasteiger partial charge is 0.325 e. The molecule has 1 aliphatic rings. The van der Waals surface area contributed by atoms with E-state index in [9.17, 15) is 4.79 Å².